The van der Waals surface area contributed by atoms with Crippen molar-refractivity contribution in [2.75, 3.05) is 0 Å². The van der Waals surface area contributed by atoms with E-state index in [2.05, 4.69) is 44.4 Å². The van der Waals surface area contributed by atoms with Crippen LogP contribution < -0.4 is 5.32 Å². The summed E-state index contributed by atoms with van der Waals surface area (Å²) in [4.78, 5) is 4.78. The lowest BCUT2D eigenvalue weighted by Crippen LogP contribution is -2.32. The van der Waals surface area contributed by atoms with Gasteiger partial charge in [-0.05, 0) is 11.6 Å². The molecule has 2 atom stereocenters. The van der Waals surface area contributed by atoms with Gasteiger partial charge in [0, 0.05) is 6.42 Å². The second kappa shape index (κ2) is 4.28. The average Bonchev–Trinajstić information content (AvgIpc) is 3.04. The first-order chi connectivity index (χ1) is 9.40. The SMILES string of the molecule is C1=C[C@H]2NC(Cc3ccccc3)=N[C@H]2c2nsnc21. The Morgan fingerprint density at radius 3 is 2.95 bits per heavy atom. The molecule has 1 aromatic carbocycles. The van der Waals surface area contributed by atoms with E-state index in [1.165, 1.54) is 17.3 Å². The molecule has 0 fully saturated rings. The van der Waals surface area contributed by atoms with Gasteiger partial charge in [-0.3, -0.25) is 4.99 Å². The Labute approximate surface area is 115 Å². The van der Waals surface area contributed by atoms with Gasteiger partial charge in [0.15, 0.2) is 0 Å². The molecule has 0 saturated heterocycles. The van der Waals surface area contributed by atoms with Gasteiger partial charge in [0.25, 0.3) is 0 Å². The van der Waals surface area contributed by atoms with Gasteiger partial charge in [0.05, 0.1) is 17.8 Å². The van der Waals surface area contributed by atoms with Crippen LogP contribution in [0.5, 0.6) is 0 Å². The fourth-order valence-corrected chi connectivity index (χ4v) is 3.12. The van der Waals surface area contributed by atoms with Crippen LogP contribution in [-0.4, -0.2) is 20.6 Å². The van der Waals surface area contributed by atoms with Crippen molar-refractivity contribution in [3.05, 3.63) is 53.4 Å². The molecule has 0 saturated carbocycles. The van der Waals surface area contributed by atoms with Crippen LogP contribution in [0.15, 0.2) is 41.4 Å². The fourth-order valence-electron chi connectivity index (χ4n) is 2.55. The Morgan fingerprint density at radius 1 is 1.16 bits per heavy atom. The standard InChI is InChI=1S/C14H12N4S/c1-2-4-9(5-3-1)8-12-15-10-6-7-11-14(13(10)16-12)18-19-17-11/h1-7,10,13H,8H2,(H,15,16)/t10-,13-/m1/s1. The molecule has 5 heteroatoms. The summed E-state index contributed by atoms with van der Waals surface area (Å²) in [7, 11) is 0. The third-order valence-electron chi connectivity index (χ3n) is 3.47. The summed E-state index contributed by atoms with van der Waals surface area (Å²) in [6.45, 7) is 0. The number of hydrogen-bond acceptors (Lipinski definition) is 5. The molecular formula is C14H12N4S. The van der Waals surface area contributed by atoms with Crippen molar-refractivity contribution in [3.8, 4) is 0 Å². The number of aliphatic imine (C=N–C) groups is 1. The number of hydrogen-bond donors (Lipinski definition) is 1. The van der Waals surface area contributed by atoms with Gasteiger partial charge in [0.2, 0.25) is 0 Å². The van der Waals surface area contributed by atoms with E-state index in [1.54, 1.807) is 0 Å². The first kappa shape index (κ1) is 10.9. The minimum absolute atomic E-state index is 0.0949. The van der Waals surface area contributed by atoms with Gasteiger partial charge in [-0.25, -0.2) is 0 Å². The number of fused-ring (bicyclic) bond motifs is 3. The van der Waals surface area contributed by atoms with Crippen LogP contribution >= 0.6 is 11.7 Å². The van der Waals surface area contributed by atoms with Crippen molar-refractivity contribution >= 4 is 23.6 Å². The van der Waals surface area contributed by atoms with E-state index in [0.29, 0.717) is 0 Å². The van der Waals surface area contributed by atoms with Crippen LogP contribution in [0.1, 0.15) is 23.0 Å². The number of benzene rings is 1. The maximum absolute atomic E-state index is 4.78. The van der Waals surface area contributed by atoms with Gasteiger partial charge in [-0.1, -0.05) is 36.4 Å². The lowest BCUT2D eigenvalue weighted by molar-refractivity contribution is 0.620. The van der Waals surface area contributed by atoms with Crippen molar-refractivity contribution in [2.45, 2.75) is 18.5 Å². The quantitative estimate of drug-likeness (QED) is 0.908. The molecule has 4 rings (SSSR count). The Morgan fingerprint density at radius 2 is 2.05 bits per heavy atom. The summed E-state index contributed by atoms with van der Waals surface area (Å²) < 4.78 is 8.65. The molecule has 0 spiro atoms. The summed E-state index contributed by atoms with van der Waals surface area (Å²) in [6.07, 6.45) is 5.01. The number of nitrogens with one attached hydrogen (secondary N) is 1. The molecule has 1 aliphatic heterocycles. The summed E-state index contributed by atoms with van der Waals surface area (Å²) in [5.74, 6) is 1.03. The summed E-state index contributed by atoms with van der Waals surface area (Å²) in [5, 5.41) is 3.47. The number of rotatable bonds is 2. The molecule has 0 unspecified atom stereocenters. The minimum Gasteiger partial charge on any atom is -0.365 e. The van der Waals surface area contributed by atoms with E-state index in [1.807, 2.05) is 12.1 Å². The van der Waals surface area contributed by atoms with Crippen molar-refractivity contribution in [2.24, 2.45) is 4.99 Å². The monoisotopic (exact) mass is 268 g/mol. The fraction of sp³-hybridized carbons (Fsp3) is 0.214. The molecule has 1 aromatic heterocycles. The number of nitrogens with zero attached hydrogens (tertiary/aromatic N) is 3. The Bertz CT molecular complexity index is 659. The number of aromatic nitrogens is 2. The van der Waals surface area contributed by atoms with E-state index < -0.39 is 0 Å². The highest BCUT2D eigenvalue weighted by Crippen LogP contribution is 2.32. The molecule has 2 aliphatic rings. The van der Waals surface area contributed by atoms with Crippen molar-refractivity contribution in [1.29, 1.82) is 0 Å². The van der Waals surface area contributed by atoms with E-state index in [4.69, 9.17) is 4.99 Å². The molecule has 4 nitrogen and oxygen atoms in total. The van der Waals surface area contributed by atoms with Gasteiger partial charge >= 0.3 is 0 Å². The van der Waals surface area contributed by atoms with E-state index in [-0.39, 0.29) is 12.1 Å². The summed E-state index contributed by atoms with van der Waals surface area (Å²) in [6, 6.07) is 10.7. The average molecular weight is 268 g/mol. The molecule has 0 bridgehead atoms. The number of amidine groups is 1. The predicted octanol–water partition coefficient (Wildman–Crippen LogP) is 2.22. The van der Waals surface area contributed by atoms with Crippen LogP contribution in [0, 0.1) is 0 Å². The second-order valence-corrected chi connectivity index (χ2v) is 5.28. The maximum atomic E-state index is 4.78. The Balaban J connectivity index is 1.62. The van der Waals surface area contributed by atoms with Gasteiger partial charge in [-0.15, -0.1) is 0 Å². The molecule has 1 aliphatic carbocycles. The van der Waals surface area contributed by atoms with Crippen LogP contribution in [0.25, 0.3) is 6.08 Å². The van der Waals surface area contributed by atoms with Crippen LogP contribution in [-0.2, 0) is 6.42 Å². The maximum Gasteiger partial charge on any atom is 0.121 e. The first-order valence-corrected chi connectivity index (χ1v) is 7.01. The van der Waals surface area contributed by atoms with Crippen LogP contribution in [0.3, 0.4) is 0 Å². The van der Waals surface area contributed by atoms with Crippen LogP contribution in [0.2, 0.25) is 0 Å². The minimum atomic E-state index is 0.0949. The van der Waals surface area contributed by atoms with Gasteiger partial charge < -0.3 is 5.32 Å². The topological polar surface area (TPSA) is 50.2 Å². The Kier molecular flexibility index (Phi) is 2.45. The molecule has 1 N–H and O–H groups in total. The predicted molar refractivity (Wildman–Crippen MR) is 76.2 cm³/mol. The zero-order valence-corrected chi connectivity index (χ0v) is 11.0. The smallest absolute Gasteiger partial charge is 0.121 e. The first-order valence-electron chi connectivity index (χ1n) is 6.28. The third-order valence-corrected chi connectivity index (χ3v) is 4.02. The molecule has 19 heavy (non-hydrogen) atoms. The highest BCUT2D eigenvalue weighted by molar-refractivity contribution is 6.99. The zero-order valence-electron chi connectivity index (χ0n) is 10.2. The van der Waals surface area contributed by atoms with Crippen molar-refractivity contribution < 1.29 is 0 Å². The third kappa shape index (κ3) is 1.86. The second-order valence-electron chi connectivity index (χ2n) is 4.75. The summed E-state index contributed by atoms with van der Waals surface area (Å²) in [5.41, 5.74) is 3.25. The van der Waals surface area contributed by atoms with E-state index >= 15 is 0 Å². The normalized spacial score (nSPS) is 23.5. The molecular weight excluding hydrogens is 256 g/mol. The molecule has 2 heterocycles. The lowest BCUT2D eigenvalue weighted by atomic mass is 9.99. The lowest BCUT2D eigenvalue weighted by Gasteiger charge is -2.16. The van der Waals surface area contributed by atoms with Gasteiger partial charge in [-0.2, -0.15) is 8.75 Å². The molecule has 0 radical (unpaired) electrons. The Hall–Kier alpha value is -2.01. The summed E-state index contributed by atoms with van der Waals surface area (Å²) >= 11 is 1.26. The van der Waals surface area contributed by atoms with Crippen molar-refractivity contribution in [3.63, 3.8) is 0 Å². The van der Waals surface area contributed by atoms with Gasteiger partial charge in [0.1, 0.15) is 23.3 Å². The molecule has 2 aromatic rings. The largest absolute Gasteiger partial charge is 0.365 e. The van der Waals surface area contributed by atoms with E-state index in [0.717, 1.165) is 23.6 Å². The zero-order chi connectivity index (χ0) is 12.7. The van der Waals surface area contributed by atoms with Crippen LogP contribution in [0.4, 0.5) is 0 Å². The highest BCUT2D eigenvalue weighted by Gasteiger charge is 2.34. The molecule has 0 amide bonds. The van der Waals surface area contributed by atoms with E-state index in [9.17, 15) is 0 Å². The highest BCUT2D eigenvalue weighted by atomic mass is 32.1. The molecule has 94 valence electrons. The van der Waals surface area contributed by atoms with Crippen molar-refractivity contribution in [1.82, 2.24) is 14.1 Å².